The zero-order valence-electron chi connectivity index (χ0n) is 14.3. The van der Waals surface area contributed by atoms with Crippen molar-refractivity contribution in [1.29, 1.82) is 0 Å². The first-order valence-corrected chi connectivity index (χ1v) is 11.3. The minimum Gasteiger partial charge on any atom is -0.140 e. The first kappa shape index (κ1) is 17.6. The van der Waals surface area contributed by atoms with Crippen molar-refractivity contribution in [2.45, 2.75) is 27.7 Å². The van der Waals surface area contributed by atoms with Crippen molar-refractivity contribution in [3.05, 3.63) is 58.3 Å². The van der Waals surface area contributed by atoms with Crippen LogP contribution >= 0.6 is 45.3 Å². The van der Waals surface area contributed by atoms with Crippen LogP contribution in [0.2, 0.25) is 0 Å². The van der Waals surface area contributed by atoms with E-state index in [1.54, 1.807) is 0 Å². The van der Waals surface area contributed by atoms with Gasteiger partial charge in [0.25, 0.3) is 0 Å². The number of aryl methyl sites for hydroxylation is 2. The van der Waals surface area contributed by atoms with Gasteiger partial charge >= 0.3 is 0 Å². The summed E-state index contributed by atoms with van der Waals surface area (Å²) < 4.78 is 0. The topological polar surface area (TPSA) is 0 Å². The van der Waals surface area contributed by atoms with Crippen molar-refractivity contribution < 1.29 is 0 Å². The van der Waals surface area contributed by atoms with Crippen LogP contribution in [0.25, 0.3) is 29.3 Å². The monoisotopic (exact) mass is 388 g/mol. The summed E-state index contributed by atoms with van der Waals surface area (Å²) in [5.41, 5.74) is 0. The largest absolute Gasteiger partial charge is 0.140 e. The molecular weight excluding hydrogens is 368 g/mol. The van der Waals surface area contributed by atoms with Gasteiger partial charge < -0.3 is 0 Å². The fourth-order valence-electron chi connectivity index (χ4n) is 2.34. The Kier molecular flexibility index (Phi) is 5.72. The van der Waals surface area contributed by atoms with Crippen LogP contribution in [-0.2, 0) is 0 Å². The molecule has 0 aliphatic rings. The van der Waals surface area contributed by atoms with Crippen molar-refractivity contribution in [1.82, 2.24) is 0 Å². The molecule has 0 nitrogen and oxygen atoms in total. The molecule has 4 heteroatoms. The Hall–Kier alpha value is -1.20. The van der Waals surface area contributed by atoms with E-state index in [2.05, 4.69) is 62.4 Å². The SMILES string of the molecule is CC.Cc1ccc(-c2ccc(-c3ccc(-c4ccc(C)s4)s3)s2)s1. The zero-order valence-corrected chi connectivity index (χ0v) is 17.5. The molecule has 0 unspecified atom stereocenters. The van der Waals surface area contributed by atoms with E-state index in [0.717, 1.165) is 0 Å². The van der Waals surface area contributed by atoms with Crippen LogP contribution in [0.4, 0.5) is 0 Å². The molecule has 0 spiro atoms. The predicted octanol–water partition coefficient (Wildman–Crippen LogP) is 8.58. The summed E-state index contributed by atoms with van der Waals surface area (Å²) in [7, 11) is 0. The van der Waals surface area contributed by atoms with E-state index >= 15 is 0 Å². The van der Waals surface area contributed by atoms with Gasteiger partial charge in [0.2, 0.25) is 0 Å². The highest BCUT2D eigenvalue weighted by Gasteiger charge is 2.10. The van der Waals surface area contributed by atoms with E-state index in [4.69, 9.17) is 0 Å². The highest BCUT2D eigenvalue weighted by atomic mass is 32.1. The highest BCUT2D eigenvalue weighted by molar-refractivity contribution is 7.28. The third-order valence-electron chi connectivity index (χ3n) is 3.42. The van der Waals surface area contributed by atoms with Gasteiger partial charge in [-0.25, -0.2) is 0 Å². The summed E-state index contributed by atoms with van der Waals surface area (Å²) in [5.74, 6) is 0. The molecule has 24 heavy (non-hydrogen) atoms. The van der Waals surface area contributed by atoms with Crippen molar-refractivity contribution in [3.63, 3.8) is 0 Å². The summed E-state index contributed by atoms with van der Waals surface area (Å²) in [4.78, 5) is 11.0. The average Bonchev–Trinajstić information content (AvgIpc) is 3.35. The number of rotatable bonds is 3. The van der Waals surface area contributed by atoms with E-state index in [1.807, 2.05) is 59.2 Å². The molecule has 4 heterocycles. The standard InChI is InChI=1S/C18H14S4.C2H6/c1-11-3-5-13(19-11)15-7-9-17(21-15)18-10-8-16(22-18)14-6-4-12(2)20-14;1-2/h3-10H,1-2H3;1-2H3. The van der Waals surface area contributed by atoms with Gasteiger partial charge in [-0.2, -0.15) is 0 Å². The third-order valence-corrected chi connectivity index (χ3v) is 8.18. The molecule has 0 N–H and O–H groups in total. The van der Waals surface area contributed by atoms with Gasteiger partial charge in [-0.1, -0.05) is 13.8 Å². The minimum atomic E-state index is 1.37. The maximum atomic E-state index is 2.25. The van der Waals surface area contributed by atoms with Crippen LogP contribution in [0.3, 0.4) is 0 Å². The molecule has 0 aliphatic heterocycles. The summed E-state index contributed by atoms with van der Waals surface area (Å²) >= 11 is 7.52. The highest BCUT2D eigenvalue weighted by Crippen LogP contribution is 2.42. The van der Waals surface area contributed by atoms with E-state index < -0.39 is 0 Å². The minimum absolute atomic E-state index is 1.37. The lowest BCUT2D eigenvalue weighted by Gasteiger charge is -1.91. The average molecular weight is 389 g/mol. The maximum Gasteiger partial charge on any atom is 0.0449 e. The molecule has 4 rings (SSSR count). The van der Waals surface area contributed by atoms with Crippen molar-refractivity contribution in [2.75, 3.05) is 0 Å². The van der Waals surface area contributed by atoms with Crippen LogP contribution < -0.4 is 0 Å². The van der Waals surface area contributed by atoms with Gasteiger partial charge in [0.1, 0.15) is 0 Å². The third kappa shape index (κ3) is 3.72. The smallest absolute Gasteiger partial charge is 0.0449 e. The lowest BCUT2D eigenvalue weighted by atomic mass is 10.3. The molecule has 0 fully saturated rings. The van der Waals surface area contributed by atoms with Crippen LogP contribution in [0.15, 0.2) is 48.5 Å². The second-order valence-corrected chi connectivity index (χ2v) is 9.89. The van der Waals surface area contributed by atoms with E-state index in [0.29, 0.717) is 0 Å². The first-order valence-electron chi connectivity index (χ1n) is 8.03. The fraction of sp³-hybridized carbons (Fsp3) is 0.200. The number of hydrogen-bond donors (Lipinski definition) is 0. The first-order chi connectivity index (χ1) is 11.7. The summed E-state index contributed by atoms with van der Waals surface area (Å²) in [6.45, 7) is 8.33. The fourth-order valence-corrected chi connectivity index (χ4v) is 6.36. The molecule has 0 saturated carbocycles. The predicted molar refractivity (Wildman–Crippen MR) is 115 cm³/mol. The Balaban J connectivity index is 0.000000815. The van der Waals surface area contributed by atoms with E-state index in [1.165, 1.54) is 39.0 Å². The van der Waals surface area contributed by atoms with Crippen LogP contribution in [0.5, 0.6) is 0 Å². The van der Waals surface area contributed by atoms with Crippen molar-refractivity contribution in [3.8, 4) is 29.3 Å². The zero-order chi connectivity index (χ0) is 17.1. The molecule has 0 saturated heterocycles. The molecule has 0 radical (unpaired) electrons. The molecule has 0 aliphatic carbocycles. The van der Waals surface area contributed by atoms with Gasteiger partial charge in [0.05, 0.1) is 0 Å². The maximum absolute atomic E-state index is 2.25. The molecule has 4 aromatic heterocycles. The summed E-state index contributed by atoms with van der Waals surface area (Å²) in [5, 5.41) is 0. The molecule has 4 aromatic rings. The lowest BCUT2D eigenvalue weighted by molar-refractivity contribution is 1.50. The van der Waals surface area contributed by atoms with E-state index in [-0.39, 0.29) is 0 Å². The van der Waals surface area contributed by atoms with Crippen molar-refractivity contribution in [2.24, 2.45) is 0 Å². The van der Waals surface area contributed by atoms with Gasteiger partial charge in [-0.3, -0.25) is 0 Å². The normalized spacial score (nSPS) is 10.5. The Bertz CT molecular complexity index is 840. The summed E-state index contributed by atoms with van der Waals surface area (Å²) in [6, 6.07) is 17.9. The van der Waals surface area contributed by atoms with Gasteiger partial charge in [-0.15, -0.1) is 45.3 Å². The lowest BCUT2D eigenvalue weighted by Crippen LogP contribution is -1.58. The molecular formula is C20H20S4. The second-order valence-electron chi connectivity index (χ2n) is 5.15. The second kappa shape index (κ2) is 7.79. The number of hydrogen-bond acceptors (Lipinski definition) is 4. The van der Waals surface area contributed by atoms with Crippen LogP contribution in [-0.4, -0.2) is 0 Å². The quantitative estimate of drug-likeness (QED) is 0.329. The molecule has 124 valence electrons. The molecule has 0 bridgehead atoms. The Labute approximate surface area is 160 Å². The van der Waals surface area contributed by atoms with Crippen LogP contribution in [0.1, 0.15) is 23.6 Å². The Morgan fingerprint density at radius 3 is 0.917 bits per heavy atom. The van der Waals surface area contributed by atoms with Gasteiger partial charge in [0, 0.05) is 39.0 Å². The van der Waals surface area contributed by atoms with E-state index in [9.17, 15) is 0 Å². The molecule has 0 atom stereocenters. The molecule has 0 amide bonds. The van der Waals surface area contributed by atoms with Crippen molar-refractivity contribution >= 4 is 45.3 Å². The molecule has 0 aromatic carbocycles. The van der Waals surface area contributed by atoms with Gasteiger partial charge in [0.15, 0.2) is 0 Å². The summed E-state index contributed by atoms with van der Waals surface area (Å²) in [6.07, 6.45) is 0. The Morgan fingerprint density at radius 2 is 0.667 bits per heavy atom. The van der Waals surface area contributed by atoms with Crippen LogP contribution in [0, 0.1) is 13.8 Å². The number of thiophene rings is 4. The Morgan fingerprint density at radius 1 is 0.417 bits per heavy atom. The van der Waals surface area contributed by atoms with Gasteiger partial charge in [-0.05, 0) is 62.4 Å².